The van der Waals surface area contributed by atoms with Crippen molar-refractivity contribution in [3.63, 3.8) is 0 Å². The molecule has 0 atom stereocenters. The summed E-state index contributed by atoms with van der Waals surface area (Å²) in [4.78, 5) is 9.86. The normalized spacial score (nSPS) is 11.2. The van der Waals surface area contributed by atoms with Crippen LogP contribution in [0.3, 0.4) is 0 Å². The maximum absolute atomic E-state index is 5.46. The summed E-state index contributed by atoms with van der Waals surface area (Å²) in [5.74, 6) is 6.23. The molecular weight excluding hydrogens is 272 g/mol. The Morgan fingerprint density at radius 3 is 2.68 bits per heavy atom. The summed E-state index contributed by atoms with van der Waals surface area (Å²) in [6, 6.07) is 14.3. The summed E-state index contributed by atoms with van der Waals surface area (Å²) in [6.07, 6.45) is 5.87. The number of pyridine rings is 1. The molecule has 22 heavy (non-hydrogen) atoms. The van der Waals surface area contributed by atoms with Crippen LogP contribution in [0.4, 0.5) is 0 Å². The average Bonchev–Trinajstić information content (AvgIpc) is 2.56. The van der Waals surface area contributed by atoms with Gasteiger partial charge in [-0.15, -0.1) is 0 Å². The Balaban J connectivity index is 2.07. The largest absolute Gasteiger partial charge is 0.411 e. The molecule has 0 unspecified atom stereocenters. The first-order chi connectivity index (χ1) is 10.8. The molecule has 2 N–H and O–H groups in total. The minimum Gasteiger partial charge on any atom is -0.411 e. The summed E-state index contributed by atoms with van der Waals surface area (Å²) >= 11 is 0. The van der Waals surface area contributed by atoms with E-state index in [1.807, 2.05) is 30.3 Å². The molecule has 0 saturated carbocycles. The predicted molar refractivity (Wildman–Crippen MR) is 91.9 cm³/mol. The molecule has 3 aromatic rings. The number of aromatic nitrogens is 1. The van der Waals surface area contributed by atoms with Crippen LogP contribution >= 0.6 is 0 Å². The fourth-order valence-electron chi connectivity index (χ4n) is 2.98. The highest BCUT2D eigenvalue weighted by molar-refractivity contribution is 5.95. The molecule has 3 nitrogen and oxygen atoms in total. The smallest absolute Gasteiger partial charge is 0.150 e. The van der Waals surface area contributed by atoms with Crippen molar-refractivity contribution < 1.29 is 4.84 Å². The first kappa shape index (κ1) is 14.8. The van der Waals surface area contributed by atoms with Crippen LogP contribution in [0.2, 0.25) is 0 Å². The zero-order chi connectivity index (χ0) is 15.4. The fourth-order valence-corrected chi connectivity index (χ4v) is 2.98. The SMILES string of the molecule is CCCCCCc1c(ON)ccc2nc3ccccc3cc12. The maximum atomic E-state index is 5.46. The van der Waals surface area contributed by atoms with Crippen LogP contribution in [-0.4, -0.2) is 4.98 Å². The Bertz CT molecular complexity index is 783. The number of hydrogen-bond donors (Lipinski definition) is 1. The Labute approximate surface area is 131 Å². The number of nitrogens with zero attached hydrogens (tertiary/aromatic N) is 1. The molecule has 0 bridgehead atoms. The topological polar surface area (TPSA) is 48.1 Å². The minimum atomic E-state index is 0.765. The van der Waals surface area contributed by atoms with Gasteiger partial charge in [-0.3, -0.25) is 0 Å². The van der Waals surface area contributed by atoms with E-state index >= 15 is 0 Å². The first-order valence-electron chi connectivity index (χ1n) is 8.01. The lowest BCUT2D eigenvalue weighted by Gasteiger charge is -2.12. The number of nitrogens with two attached hydrogens (primary N) is 1. The third kappa shape index (κ3) is 2.90. The van der Waals surface area contributed by atoms with E-state index in [0.717, 1.165) is 40.4 Å². The highest BCUT2D eigenvalue weighted by Gasteiger charge is 2.10. The zero-order valence-electron chi connectivity index (χ0n) is 13.0. The lowest BCUT2D eigenvalue weighted by molar-refractivity contribution is 0.331. The quantitative estimate of drug-likeness (QED) is 0.405. The van der Waals surface area contributed by atoms with E-state index in [9.17, 15) is 0 Å². The zero-order valence-corrected chi connectivity index (χ0v) is 13.0. The van der Waals surface area contributed by atoms with Crippen molar-refractivity contribution >= 4 is 21.8 Å². The van der Waals surface area contributed by atoms with E-state index < -0.39 is 0 Å². The number of para-hydroxylation sites is 1. The third-order valence-electron chi connectivity index (χ3n) is 4.18. The van der Waals surface area contributed by atoms with Gasteiger partial charge in [0.15, 0.2) is 5.75 Å². The van der Waals surface area contributed by atoms with Gasteiger partial charge in [0.2, 0.25) is 0 Å². The van der Waals surface area contributed by atoms with Gasteiger partial charge in [-0.05, 0) is 37.1 Å². The van der Waals surface area contributed by atoms with Gasteiger partial charge < -0.3 is 4.84 Å². The number of hydrogen-bond acceptors (Lipinski definition) is 3. The van der Waals surface area contributed by atoms with Crippen LogP contribution in [0.5, 0.6) is 5.75 Å². The van der Waals surface area contributed by atoms with Crippen molar-refractivity contribution in [1.82, 2.24) is 4.98 Å². The van der Waals surface area contributed by atoms with Crippen LogP contribution in [0.25, 0.3) is 21.8 Å². The Morgan fingerprint density at radius 2 is 1.86 bits per heavy atom. The van der Waals surface area contributed by atoms with Gasteiger partial charge in [0.1, 0.15) is 0 Å². The molecule has 0 fully saturated rings. The maximum Gasteiger partial charge on any atom is 0.150 e. The molecule has 0 aliphatic heterocycles. The molecule has 0 amide bonds. The first-order valence-corrected chi connectivity index (χ1v) is 8.01. The summed E-state index contributed by atoms with van der Waals surface area (Å²) in [7, 11) is 0. The lowest BCUT2D eigenvalue weighted by Crippen LogP contribution is -2.05. The highest BCUT2D eigenvalue weighted by atomic mass is 16.6. The van der Waals surface area contributed by atoms with E-state index in [1.165, 1.54) is 24.8 Å². The fraction of sp³-hybridized carbons (Fsp3) is 0.316. The van der Waals surface area contributed by atoms with E-state index in [-0.39, 0.29) is 0 Å². The molecule has 0 aliphatic rings. The second-order valence-corrected chi connectivity index (χ2v) is 5.72. The van der Waals surface area contributed by atoms with E-state index in [2.05, 4.69) is 19.1 Å². The van der Waals surface area contributed by atoms with Crippen LogP contribution in [0.15, 0.2) is 42.5 Å². The number of aryl methyl sites for hydroxylation is 1. The molecule has 3 rings (SSSR count). The second-order valence-electron chi connectivity index (χ2n) is 5.72. The number of benzene rings is 2. The Kier molecular flexibility index (Phi) is 4.54. The summed E-state index contributed by atoms with van der Waals surface area (Å²) in [6.45, 7) is 2.22. The number of fused-ring (bicyclic) bond motifs is 2. The molecule has 114 valence electrons. The van der Waals surface area contributed by atoms with Gasteiger partial charge in [0, 0.05) is 16.3 Å². The van der Waals surface area contributed by atoms with Crippen molar-refractivity contribution in [3.05, 3.63) is 48.0 Å². The molecular formula is C19H22N2O. The summed E-state index contributed by atoms with van der Waals surface area (Å²) in [5.41, 5.74) is 3.20. The van der Waals surface area contributed by atoms with Crippen LogP contribution < -0.4 is 10.7 Å². The summed E-state index contributed by atoms with van der Waals surface area (Å²) in [5, 5.41) is 2.30. The van der Waals surface area contributed by atoms with Crippen LogP contribution in [0.1, 0.15) is 38.2 Å². The minimum absolute atomic E-state index is 0.765. The van der Waals surface area contributed by atoms with Gasteiger partial charge in [-0.2, -0.15) is 5.90 Å². The van der Waals surface area contributed by atoms with Crippen LogP contribution in [0, 0.1) is 0 Å². The van der Waals surface area contributed by atoms with Crippen molar-refractivity contribution in [2.45, 2.75) is 39.0 Å². The molecule has 0 radical (unpaired) electrons. The summed E-state index contributed by atoms with van der Waals surface area (Å²) < 4.78 is 0. The van der Waals surface area contributed by atoms with E-state index in [0.29, 0.717) is 0 Å². The average molecular weight is 294 g/mol. The molecule has 0 aliphatic carbocycles. The van der Waals surface area contributed by atoms with Gasteiger partial charge in [-0.25, -0.2) is 4.98 Å². The lowest BCUT2D eigenvalue weighted by atomic mass is 9.99. The van der Waals surface area contributed by atoms with Gasteiger partial charge >= 0.3 is 0 Å². The third-order valence-corrected chi connectivity index (χ3v) is 4.18. The van der Waals surface area contributed by atoms with Crippen LogP contribution in [-0.2, 0) is 6.42 Å². The van der Waals surface area contributed by atoms with Crippen molar-refractivity contribution in [2.75, 3.05) is 0 Å². The predicted octanol–water partition coefficient (Wildman–Crippen LogP) is 4.76. The van der Waals surface area contributed by atoms with E-state index in [4.69, 9.17) is 15.7 Å². The van der Waals surface area contributed by atoms with Crippen molar-refractivity contribution in [2.24, 2.45) is 5.90 Å². The Hall–Kier alpha value is -2.13. The van der Waals surface area contributed by atoms with Crippen molar-refractivity contribution in [3.8, 4) is 5.75 Å². The monoisotopic (exact) mass is 294 g/mol. The standard InChI is InChI=1S/C19H22N2O/c1-2-3-4-5-9-15-16-13-14-8-6-7-10-17(14)21-18(16)11-12-19(15)22-20/h6-8,10-13H,2-5,9,20H2,1H3. The van der Waals surface area contributed by atoms with Gasteiger partial charge in [-0.1, -0.05) is 44.4 Å². The molecule has 1 heterocycles. The molecule has 3 heteroatoms. The second kappa shape index (κ2) is 6.75. The van der Waals surface area contributed by atoms with Gasteiger partial charge in [0.25, 0.3) is 0 Å². The molecule has 0 spiro atoms. The van der Waals surface area contributed by atoms with Gasteiger partial charge in [0.05, 0.1) is 11.0 Å². The van der Waals surface area contributed by atoms with Crippen molar-refractivity contribution in [1.29, 1.82) is 0 Å². The molecule has 1 aromatic heterocycles. The van der Waals surface area contributed by atoms with E-state index in [1.54, 1.807) is 0 Å². The number of unbranched alkanes of at least 4 members (excludes halogenated alkanes) is 3. The molecule has 2 aromatic carbocycles. The molecule has 0 saturated heterocycles. The number of rotatable bonds is 6. The Morgan fingerprint density at radius 1 is 1.00 bits per heavy atom. The highest BCUT2D eigenvalue weighted by Crippen LogP contribution is 2.30.